The lowest BCUT2D eigenvalue weighted by atomic mass is 10.2. The van der Waals surface area contributed by atoms with Gasteiger partial charge in [0.25, 0.3) is 5.56 Å². The van der Waals surface area contributed by atoms with Gasteiger partial charge in [-0.1, -0.05) is 12.1 Å². The summed E-state index contributed by atoms with van der Waals surface area (Å²) in [5, 5.41) is 0.410. The highest BCUT2D eigenvalue weighted by molar-refractivity contribution is 5.78. The highest BCUT2D eigenvalue weighted by Crippen LogP contribution is 2.07. The third-order valence-corrected chi connectivity index (χ3v) is 4.60. The Balaban J connectivity index is 1.62. The van der Waals surface area contributed by atoms with Gasteiger partial charge in [-0.2, -0.15) is 0 Å². The minimum atomic E-state index is -0.529. The summed E-state index contributed by atoms with van der Waals surface area (Å²) in [5.41, 5.74) is -0.460. The Labute approximate surface area is 155 Å². The summed E-state index contributed by atoms with van der Waals surface area (Å²) in [6, 6.07) is 6.76. The van der Waals surface area contributed by atoms with Crippen LogP contribution in [0.2, 0.25) is 0 Å². The Bertz CT molecular complexity index is 956. The molecule has 2 amide bonds. The molecule has 0 bridgehead atoms. The first-order chi connectivity index (χ1) is 13.0. The predicted molar refractivity (Wildman–Crippen MR) is 98.6 cm³/mol. The number of carbonyl (C=O) groups excluding carboxylic acids is 2. The van der Waals surface area contributed by atoms with E-state index < -0.39 is 11.2 Å². The Morgan fingerprint density at radius 1 is 1.07 bits per heavy atom. The average molecular weight is 374 g/mol. The lowest BCUT2D eigenvalue weighted by molar-refractivity contribution is -0.133. The molecule has 1 aromatic heterocycles. The SMILES string of the molecule is CCOC(=O)N1CCN(C(=O)CCn2c(=O)[nH]c3ccccc3c2=O)CC1. The molecule has 1 saturated heterocycles. The first kappa shape index (κ1) is 18.7. The summed E-state index contributed by atoms with van der Waals surface area (Å²) in [6.45, 7) is 3.68. The van der Waals surface area contributed by atoms with Gasteiger partial charge in [-0.3, -0.25) is 14.2 Å². The monoisotopic (exact) mass is 374 g/mol. The van der Waals surface area contributed by atoms with Crippen LogP contribution in [0.3, 0.4) is 0 Å². The minimum absolute atomic E-state index is 0.00985. The van der Waals surface area contributed by atoms with Crippen molar-refractivity contribution in [3.63, 3.8) is 0 Å². The Hall–Kier alpha value is -3.10. The molecular weight excluding hydrogens is 352 g/mol. The predicted octanol–water partition coefficient (Wildman–Crippen LogP) is 0.381. The number of ether oxygens (including phenoxy) is 1. The van der Waals surface area contributed by atoms with Gasteiger partial charge in [0.05, 0.1) is 17.5 Å². The van der Waals surface area contributed by atoms with Crippen molar-refractivity contribution in [2.24, 2.45) is 0 Å². The molecule has 0 atom stereocenters. The van der Waals surface area contributed by atoms with Gasteiger partial charge in [-0.15, -0.1) is 0 Å². The molecule has 1 aliphatic rings. The quantitative estimate of drug-likeness (QED) is 0.833. The fourth-order valence-electron chi connectivity index (χ4n) is 3.12. The average Bonchev–Trinajstić information content (AvgIpc) is 2.68. The zero-order valence-electron chi connectivity index (χ0n) is 15.1. The second-order valence-corrected chi connectivity index (χ2v) is 6.25. The van der Waals surface area contributed by atoms with E-state index in [1.54, 1.807) is 41.0 Å². The molecule has 1 fully saturated rings. The molecular formula is C18H22N4O5. The molecule has 1 N–H and O–H groups in total. The normalized spacial score (nSPS) is 14.4. The van der Waals surface area contributed by atoms with Crippen molar-refractivity contribution in [2.45, 2.75) is 19.9 Å². The minimum Gasteiger partial charge on any atom is -0.450 e. The number of nitrogens with one attached hydrogen (secondary N) is 1. The summed E-state index contributed by atoms with van der Waals surface area (Å²) in [6.07, 6.45) is -0.334. The third kappa shape index (κ3) is 4.02. The second-order valence-electron chi connectivity index (χ2n) is 6.25. The van der Waals surface area contributed by atoms with E-state index >= 15 is 0 Å². The van der Waals surface area contributed by atoms with Crippen LogP contribution in [-0.4, -0.2) is 64.1 Å². The van der Waals surface area contributed by atoms with Crippen molar-refractivity contribution in [1.82, 2.24) is 19.4 Å². The molecule has 27 heavy (non-hydrogen) atoms. The Morgan fingerprint density at radius 2 is 1.74 bits per heavy atom. The largest absolute Gasteiger partial charge is 0.450 e. The van der Waals surface area contributed by atoms with Gasteiger partial charge in [0.15, 0.2) is 0 Å². The molecule has 3 rings (SSSR count). The van der Waals surface area contributed by atoms with Crippen LogP contribution in [0.5, 0.6) is 0 Å². The van der Waals surface area contributed by atoms with E-state index in [1.807, 2.05) is 0 Å². The van der Waals surface area contributed by atoms with Crippen molar-refractivity contribution in [2.75, 3.05) is 32.8 Å². The van der Waals surface area contributed by atoms with Crippen LogP contribution in [0.25, 0.3) is 10.9 Å². The molecule has 0 saturated carbocycles. The van der Waals surface area contributed by atoms with Gasteiger partial charge in [0, 0.05) is 39.1 Å². The summed E-state index contributed by atoms with van der Waals surface area (Å²) in [7, 11) is 0. The highest BCUT2D eigenvalue weighted by atomic mass is 16.6. The van der Waals surface area contributed by atoms with Gasteiger partial charge in [0.2, 0.25) is 5.91 Å². The van der Waals surface area contributed by atoms with Crippen molar-refractivity contribution in [1.29, 1.82) is 0 Å². The van der Waals surface area contributed by atoms with Crippen molar-refractivity contribution in [3.8, 4) is 0 Å². The van der Waals surface area contributed by atoms with Gasteiger partial charge in [-0.25, -0.2) is 9.59 Å². The lowest BCUT2D eigenvalue weighted by Gasteiger charge is -2.34. The van der Waals surface area contributed by atoms with E-state index in [2.05, 4.69) is 4.98 Å². The second kappa shape index (κ2) is 8.07. The number of para-hydroxylation sites is 1. The smallest absolute Gasteiger partial charge is 0.409 e. The summed E-state index contributed by atoms with van der Waals surface area (Å²) in [5.74, 6) is -0.155. The van der Waals surface area contributed by atoms with Crippen LogP contribution in [0.1, 0.15) is 13.3 Å². The lowest BCUT2D eigenvalue weighted by Crippen LogP contribution is -2.51. The Kier molecular flexibility index (Phi) is 5.58. The maximum absolute atomic E-state index is 12.5. The highest BCUT2D eigenvalue weighted by Gasteiger charge is 2.24. The molecule has 2 aromatic rings. The van der Waals surface area contributed by atoms with Crippen LogP contribution in [0.15, 0.2) is 33.9 Å². The molecule has 144 valence electrons. The van der Waals surface area contributed by atoms with Crippen molar-refractivity contribution < 1.29 is 14.3 Å². The maximum Gasteiger partial charge on any atom is 0.409 e. The summed E-state index contributed by atoms with van der Waals surface area (Å²) < 4.78 is 6.00. The maximum atomic E-state index is 12.5. The zero-order valence-corrected chi connectivity index (χ0v) is 15.1. The van der Waals surface area contributed by atoms with Gasteiger partial charge in [-0.05, 0) is 19.1 Å². The number of amides is 2. The number of aromatic amines is 1. The van der Waals surface area contributed by atoms with Crippen molar-refractivity contribution in [3.05, 3.63) is 45.1 Å². The van der Waals surface area contributed by atoms with Crippen LogP contribution >= 0.6 is 0 Å². The number of carbonyl (C=O) groups is 2. The molecule has 0 radical (unpaired) electrons. The number of benzene rings is 1. The van der Waals surface area contributed by atoms with Gasteiger partial charge >= 0.3 is 11.8 Å². The van der Waals surface area contributed by atoms with E-state index in [0.717, 1.165) is 4.57 Å². The molecule has 0 unspecified atom stereocenters. The number of hydrogen-bond acceptors (Lipinski definition) is 5. The van der Waals surface area contributed by atoms with Gasteiger partial charge < -0.3 is 19.5 Å². The van der Waals surface area contributed by atoms with E-state index in [0.29, 0.717) is 43.7 Å². The number of fused-ring (bicyclic) bond motifs is 1. The Morgan fingerprint density at radius 3 is 2.44 bits per heavy atom. The molecule has 9 heteroatoms. The van der Waals surface area contributed by atoms with Crippen LogP contribution in [-0.2, 0) is 16.1 Å². The van der Waals surface area contributed by atoms with Crippen LogP contribution < -0.4 is 11.2 Å². The molecule has 0 spiro atoms. The molecule has 2 heterocycles. The number of hydrogen-bond donors (Lipinski definition) is 1. The van der Waals surface area contributed by atoms with E-state index in [-0.39, 0.29) is 25.0 Å². The number of H-pyrrole nitrogens is 1. The summed E-state index contributed by atoms with van der Waals surface area (Å²) in [4.78, 5) is 54.6. The van der Waals surface area contributed by atoms with Crippen LogP contribution in [0, 0.1) is 0 Å². The number of rotatable bonds is 4. The first-order valence-electron chi connectivity index (χ1n) is 8.92. The van der Waals surface area contributed by atoms with E-state index in [1.165, 1.54) is 0 Å². The fourth-order valence-corrected chi connectivity index (χ4v) is 3.12. The fraction of sp³-hybridized carbons (Fsp3) is 0.444. The van der Waals surface area contributed by atoms with Gasteiger partial charge in [0.1, 0.15) is 0 Å². The zero-order chi connectivity index (χ0) is 19.4. The standard InChI is InChI=1S/C18H22N4O5/c1-2-27-18(26)21-11-9-20(10-12-21)15(23)7-8-22-16(24)13-5-3-4-6-14(13)19-17(22)25/h3-6H,2,7-12H2,1H3,(H,19,25). The van der Waals surface area contributed by atoms with Crippen LogP contribution in [0.4, 0.5) is 4.79 Å². The first-order valence-corrected chi connectivity index (χ1v) is 8.92. The summed E-state index contributed by atoms with van der Waals surface area (Å²) >= 11 is 0. The third-order valence-electron chi connectivity index (χ3n) is 4.60. The number of piperazine rings is 1. The van der Waals surface area contributed by atoms with Crippen molar-refractivity contribution >= 4 is 22.9 Å². The molecule has 0 aliphatic carbocycles. The topological polar surface area (TPSA) is 105 Å². The number of aromatic nitrogens is 2. The number of nitrogens with zero attached hydrogens (tertiary/aromatic N) is 3. The molecule has 1 aromatic carbocycles. The van der Waals surface area contributed by atoms with E-state index in [4.69, 9.17) is 4.74 Å². The van der Waals surface area contributed by atoms with E-state index in [9.17, 15) is 19.2 Å². The molecule has 9 nitrogen and oxygen atoms in total. The molecule has 1 aliphatic heterocycles.